The molecule has 2 N–H and O–H groups in total. The van der Waals surface area contributed by atoms with Gasteiger partial charge in [0.05, 0.1) is 18.4 Å². The third-order valence-corrected chi connectivity index (χ3v) is 4.91. The first-order chi connectivity index (χ1) is 14.1. The number of rotatable bonds is 4. The third kappa shape index (κ3) is 3.66. The van der Waals surface area contributed by atoms with Crippen LogP contribution in [-0.2, 0) is 0 Å². The quantitative estimate of drug-likeness (QED) is 0.465. The molecule has 0 saturated heterocycles. The van der Waals surface area contributed by atoms with Crippen molar-refractivity contribution in [1.82, 2.24) is 4.98 Å². The number of aromatic nitrogens is 1. The van der Waals surface area contributed by atoms with E-state index in [1.807, 2.05) is 30.3 Å². The summed E-state index contributed by atoms with van der Waals surface area (Å²) in [7, 11) is 1.59. The first kappa shape index (κ1) is 18.6. The number of nitrogens with zero attached hydrogens (tertiary/aromatic N) is 1. The highest BCUT2D eigenvalue weighted by molar-refractivity contribution is 6.30. The van der Waals surface area contributed by atoms with Gasteiger partial charge in [0.2, 0.25) is 0 Å². The Labute approximate surface area is 172 Å². The maximum atomic E-state index is 12.5. The summed E-state index contributed by atoms with van der Waals surface area (Å²) in [4.78, 5) is 15.7. The number of hydrogen-bond acceptors (Lipinski definition) is 3. The van der Waals surface area contributed by atoms with Gasteiger partial charge in [-0.3, -0.25) is 4.79 Å². The van der Waals surface area contributed by atoms with Crippen molar-refractivity contribution in [3.05, 3.63) is 82.9 Å². The smallest absolute Gasteiger partial charge is 0.255 e. The van der Waals surface area contributed by atoms with Gasteiger partial charge in [-0.15, -0.1) is 0 Å². The number of fused-ring (bicyclic) bond motifs is 1. The molecule has 0 spiro atoms. The highest BCUT2D eigenvalue weighted by Crippen LogP contribution is 2.32. The molecule has 0 fully saturated rings. The molecule has 142 valence electrons. The van der Waals surface area contributed by atoms with Gasteiger partial charge < -0.3 is 15.0 Å². The van der Waals surface area contributed by atoms with Gasteiger partial charge in [0, 0.05) is 27.2 Å². The molecule has 6 heteroatoms. The van der Waals surface area contributed by atoms with Gasteiger partial charge in [0.25, 0.3) is 5.91 Å². The summed E-state index contributed by atoms with van der Waals surface area (Å²) >= 11 is 5.87. The minimum absolute atomic E-state index is 0.222. The Morgan fingerprint density at radius 3 is 2.45 bits per heavy atom. The molecule has 29 heavy (non-hydrogen) atoms. The van der Waals surface area contributed by atoms with E-state index in [9.17, 15) is 10.1 Å². The van der Waals surface area contributed by atoms with Crippen LogP contribution in [0.1, 0.15) is 15.9 Å². The number of anilines is 1. The standard InChI is InChI=1S/C23H16ClN3O2/c1-29-18-10-11-21-19(12-18)20(13-25)22(27-21)14-2-4-15(5-3-14)23(28)26-17-8-6-16(24)7-9-17/h2-12,27H,1H3,(H,26,28). The molecule has 0 aliphatic carbocycles. The number of halogens is 1. The van der Waals surface area contributed by atoms with E-state index < -0.39 is 0 Å². The maximum absolute atomic E-state index is 12.5. The van der Waals surface area contributed by atoms with Gasteiger partial charge in [-0.1, -0.05) is 23.7 Å². The monoisotopic (exact) mass is 401 g/mol. The predicted octanol–water partition coefficient (Wildman–Crippen LogP) is 5.62. The van der Waals surface area contributed by atoms with Crippen LogP contribution in [0.4, 0.5) is 5.69 Å². The zero-order chi connectivity index (χ0) is 20.4. The molecule has 0 unspecified atom stereocenters. The van der Waals surface area contributed by atoms with Crippen LogP contribution in [0.3, 0.4) is 0 Å². The SMILES string of the molecule is COc1ccc2[nH]c(-c3ccc(C(=O)Nc4ccc(Cl)cc4)cc3)c(C#N)c2c1. The van der Waals surface area contributed by atoms with Gasteiger partial charge in [0.1, 0.15) is 11.8 Å². The number of nitrogens with one attached hydrogen (secondary N) is 2. The van der Waals surface area contributed by atoms with E-state index in [-0.39, 0.29) is 5.91 Å². The number of nitriles is 1. The number of carbonyl (C=O) groups is 1. The zero-order valence-electron chi connectivity index (χ0n) is 15.5. The number of amides is 1. The van der Waals surface area contributed by atoms with Crippen molar-refractivity contribution in [2.45, 2.75) is 0 Å². The number of H-pyrrole nitrogens is 1. The molecular weight excluding hydrogens is 386 g/mol. The molecule has 4 rings (SSSR count). The lowest BCUT2D eigenvalue weighted by Crippen LogP contribution is -2.11. The fourth-order valence-electron chi connectivity index (χ4n) is 3.16. The number of aromatic amines is 1. The summed E-state index contributed by atoms with van der Waals surface area (Å²) in [6.07, 6.45) is 0. The van der Waals surface area contributed by atoms with Crippen molar-refractivity contribution in [2.75, 3.05) is 12.4 Å². The first-order valence-electron chi connectivity index (χ1n) is 8.86. The normalized spacial score (nSPS) is 10.5. The summed E-state index contributed by atoms with van der Waals surface area (Å²) in [5.74, 6) is 0.467. The maximum Gasteiger partial charge on any atom is 0.255 e. The Kier molecular flexibility index (Phi) is 4.94. The van der Waals surface area contributed by atoms with Gasteiger partial charge in [-0.2, -0.15) is 5.26 Å². The van der Waals surface area contributed by atoms with Gasteiger partial charge >= 0.3 is 0 Å². The fraction of sp³-hybridized carbons (Fsp3) is 0.0435. The van der Waals surface area contributed by atoms with Crippen LogP contribution < -0.4 is 10.1 Å². The molecule has 5 nitrogen and oxygen atoms in total. The largest absolute Gasteiger partial charge is 0.497 e. The molecule has 1 aromatic heterocycles. The van der Waals surface area contributed by atoms with Gasteiger partial charge in [0.15, 0.2) is 0 Å². The van der Waals surface area contributed by atoms with Gasteiger partial charge in [-0.25, -0.2) is 0 Å². The lowest BCUT2D eigenvalue weighted by molar-refractivity contribution is 0.102. The number of carbonyl (C=O) groups excluding carboxylic acids is 1. The Morgan fingerprint density at radius 2 is 1.79 bits per heavy atom. The second-order valence-corrected chi connectivity index (χ2v) is 6.87. The van der Waals surface area contributed by atoms with Crippen molar-refractivity contribution < 1.29 is 9.53 Å². The van der Waals surface area contributed by atoms with Gasteiger partial charge in [-0.05, 0) is 60.2 Å². The Hall–Kier alpha value is -3.75. The topological polar surface area (TPSA) is 77.9 Å². The molecule has 3 aromatic carbocycles. The molecule has 0 bridgehead atoms. The third-order valence-electron chi connectivity index (χ3n) is 4.66. The highest BCUT2D eigenvalue weighted by Gasteiger charge is 2.14. The van der Waals surface area contributed by atoms with Crippen LogP contribution >= 0.6 is 11.6 Å². The van der Waals surface area contributed by atoms with Crippen LogP contribution in [0.15, 0.2) is 66.7 Å². The van der Waals surface area contributed by atoms with E-state index in [2.05, 4.69) is 16.4 Å². The van der Waals surface area contributed by atoms with Crippen molar-refractivity contribution >= 4 is 34.1 Å². The zero-order valence-corrected chi connectivity index (χ0v) is 16.2. The van der Waals surface area contributed by atoms with Crippen molar-refractivity contribution in [3.8, 4) is 23.1 Å². The Balaban J connectivity index is 1.63. The predicted molar refractivity (Wildman–Crippen MR) is 114 cm³/mol. The summed E-state index contributed by atoms with van der Waals surface area (Å²) in [6, 6.07) is 21.8. The number of methoxy groups -OCH3 is 1. The molecule has 4 aromatic rings. The molecule has 1 heterocycles. The second-order valence-electron chi connectivity index (χ2n) is 6.44. The summed E-state index contributed by atoms with van der Waals surface area (Å²) < 4.78 is 5.26. The molecular formula is C23H16ClN3O2. The fourth-order valence-corrected chi connectivity index (χ4v) is 3.28. The first-order valence-corrected chi connectivity index (χ1v) is 9.24. The van der Waals surface area contributed by atoms with Crippen LogP contribution in [-0.4, -0.2) is 18.0 Å². The van der Waals surface area contributed by atoms with E-state index in [0.29, 0.717) is 33.3 Å². The van der Waals surface area contributed by atoms with Crippen LogP contribution in [0, 0.1) is 11.3 Å². The Bertz CT molecular complexity index is 1240. The van der Waals surface area contributed by atoms with Crippen LogP contribution in [0.2, 0.25) is 5.02 Å². The lowest BCUT2D eigenvalue weighted by atomic mass is 10.0. The molecule has 0 aliphatic heterocycles. The van der Waals surface area contributed by atoms with E-state index in [1.54, 1.807) is 43.5 Å². The summed E-state index contributed by atoms with van der Waals surface area (Å²) in [5, 5.41) is 13.9. The van der Waals surface area contributed by atoms with E-state index in [4.69, 9.17) is 16.3 Å². The molecule has 0 saturated carbocycles. The summed E-state index contributed by atoms with van der Waals surface area (Å²) in [6.45, 7) is 0. The van der Waals surface area contributed by atoms with Crippen LogP contribution in [0.5, 0.6) is 5.75 Å². The average molecular weight is 402 g/mol. The molecule has 0 atom stereocenters. The molecule has 1 amide bonds. The minimum Gasteiger partial charge on any atom is -0.497 e. The second kappa shape index (κ2) is 7.70. The van der Waals surface area contributed by atoms with E-state index >= 15 is 0 Å². The number of benzene rings is 3. The highest BCUT2D eigenvalue weighted by atomic mass is 35.5. The molecule has 0 radical (unpaired) electrons. The van der Waals surface area contributed by atoms with Crippen molar-refractivity contribution in [1.29, 1.82) is 5.26 Å². The summed E-state index contributed by atoms with van der Waals surface area (Å²) in [5.41, 5.74) is 4.10. The van der Waals surface area contributed by atoms with Crippen molar-refractivity contribution in [3.63, 3.8) is 0 Å². The van der Waals surface area contributed by atoms with Crippen LogP contribution in [0.25, 0.3) is 22.2 Å². The Morgan fingerprint density at radius 1 is 1.07 bits per heavy atom. The number of ether oxygens (including phenoxy) is 1. The molecule has 0 aliphatic rings. The van der Waals surface area contributed by atoms with E-state index in [1.165, 1.54) is 0 Å². The minimum atomic E-state index is -0.222. The average Bonchev–Trinajstić information content (AvgIpc) is 3.13. The van der Waals surface area contributed by atoms with E-state index in [0.717, 1.165) is 16.5 Å². The number of hydrogen-bond donors (Lipinski definition) is 2. The van der Waals surface area contributed by atoms with Crippen molar-refractivity contribution in [2.24, 2.45) is 0 Å². The lowest BCUT2D eigenvalue weighted by Gasteiger charge is -2.06.